The highest BCUT2D eigenvalue weighted by molar-refractivity contribution is 5.94. The van der Waals surface area contributed by atoms with Crippen LogP contribution in [0.5, 0.6) is 0 Å². The van der Waals surface area contributed by atoms with Crippen LogP contribution in [0, 0.1) is 0 Å². The van der Waals surface area contributed by atoms with Crippen LogP contribution < -0.4 is 5.56 Å². The summed E-state index contributed by atoms with van der Waals surface area (Å²) < 4.78 is 3.23. The zero-order valence-corrected chi connectivity index (χ0v) is 11.8. The van der Waals surface area contributed by atoms with E-state index < -0.39 is 0 Å². The van der Waals surface area contributed by atoms with Gasteiger partial charge in [-0.3, -0.25) is 9.59 Å². The van der Waals surface area contributed by atoms with Crippen molar-refractivity contribution in [1.82, 2.24) is 24.2 Å². The predicted molar refractivity (Wildman–Crippen MR) is 75.9 cm³/mol. The number of aromatic nitrogens is 4. The van der Waals surface area contributed by atoms with Gasteiger partial charge in [-0.25, -0.2) is 9.67 Å². The Morgan fingerprint density at radius 2 is 2.24 bits per heavy atom. The highest BCUT2D eigenvalue weighted by Gasteiger charge is 2.26. The molecule has 110 valence electrons. The van der Waals surface area contributed by atoms with Gasteiger partial charge in [0.2, 0.25) is 5.56 Å². The normalized spacial score (nSPS) is 18.7. The van der Waals surface area contributed by atoms with Gasteiger partial charge in [-0.1, -0.05) is 0 Å². The third-order valence-corrected chi connectivity index (χ3v) is 3.83. The van der Waals surface area contributed by atoms with E-state index in [1.165, 1.54) is 17.0 Å². The quantitative estimate of drug-likeness (QED) is 0.804. The number of amides is 1. The maximum absolute atomic E-state index is 12.5. The van der Waals surface area contributed by atoms with Crippen molar-refractivity contribution in [2.24, 2.45) is 7.05 Å². The van der Waals surface area contributed by atoms with E-state index in [4.69, 9.17) is 0 Å². The Kier molecular flexibility index (Phi) is 3.55. The van der Waals surface area contributed by atoms with E-state index >= 15 is 0 Å². The molecule has 0 spiro atoms. The zero-order chi connectivity index (χ0) is 14.8. The molecule has 3 rings (SSSR count). The van der Waals surface area contributed by atoms with Crippen molar-refractivity contribution in [3.63, 3.8) is 0 Å². The Balaban J connectivity index is 1.78. The summed E-state index contributed by atoms with van der Waals surface area (Å²) in [5.74, 6) is -0.0459. The Labute approximate surface area is 121 Å². The molecule has 1 amide bonds. The van der Waals surface area contributed by atoms with E-state index in [0.717, 1.165) is 19.4 Å². The van der Waals surface area contributed by atoms with E-state index in [2.05, 4.69) is 10.1 Å². The van der Waals surface area contributed by atoms with Crippen molar-refractivity contribution in [2.75, 3.05) is 13.1 Å². The van der Waals surface area contributed by atoms with Crippen LogP contribution in [0.1, 0.15) is 29.2 Å². The molecule has 0 saturated carbocycles. The van der Waals surface area contributed by atoms with E-state index in [-0.39, 0.29) is 17.5 Å². The van der Waals surface area contributed by atoms with Crippen LogP contribution in [0.3, 0.4) is 0 Å². The minimum absolute atomic E-state index is 0.0459. The van der Waals surface area contributed by atoms with Crippen LogP contribution in [-0.4, -0.2) is 43.2 Å². The molecule has 0 aromatic carbocycles. The van der Waals surface area contributed by atoms with Crippen LogP contribution in [0.2, 0.25) is 0 Å². The molecule has 21 heavy (non-hydrogen) atoms. The van der Waals surface area contributed by atoms with Gasteiger partial charge in [-0.2, -0.15) is 5.10 Å². The summed E-state index contributed by atoms with van der Waals surface area (Å²) in [4.78, 5) is 29.7. The van der Waals surface area contributed by atoms with Crippen LogP contribution in [0.25, 0.3) is 0 Å². The fraction of sp³-hybridized carbons (Fsp3) is 0.429. The number of carbonyl (C=O) groups is 1. The maximum Gasteiger partial charge on any atom is 0.255 e. The standard InChI is InChI=1S/C14H17N5O2/c1-17-7-11(4-5-13(17)20)14(21)18-6-2-3-12(8-18)19-10-15-9-16-19/h4-5,7,9-10,12H,2-3,6,8H2,1H3/t12-/m1/s1. The Hall–Kier alpha value is -2.44. The fourth-order valence-electron chi connectivity index (χ4n) is 2.66. The maximum atomic E-state index is 12.5. The van der Waals surface area contributed by atoms with Gasteiger partial charge in [0.25, 0.3) is 5.91 Å². The van der Waals surface area contributed by atoms with Crippen LogP contribution in [-0.2, 0) is 7.05 Å². The number of hydrogen-bond donors (Lipinski definition) is 0. The summed E-state index contributed by atoms with van der Waals surface area (Å²) in [6.07, 6.45) is 6.70. The lowest BCUT2D eigenvalue weighted by Gasteiger charge is -2.32. The first-order valence-electron chi connectivity index (χ1n) is 6.95. The first-order chi connectivity index (χ1) is 10.1. The highest BCUT2D eigenvalue weighted by Crippen LogP contribution is 2.21. The van der Waals surface area contributed by atoms with Crippen LogP contribution in [0.4, 0.5) is 0 Å². The van der Waals surface area contributed by atoms with Crippen molar-refractivity contribution in [1.29, 1.82) is 0 Å². The lowest BCUT2D eigenvalue weighted by Crippen LogP contribution is -2.41. The van der Waals surface area contributed by atoms with E-state index in [1.54, 1.807) is 30.3 Å². The number of likely N-dealkylation sites (tertiary alicyclic amines) is 1. The molecule has 0 N–H and O–H groups in total. The average Bonchev–Trinajstić information content (AvgIpc) is 3.04. The lowest BCUT2D eigenvalue weighted by atomic mass is 10.1. The third-order valence-electron chi connectivity index (χ3n) is 3.83. The fourth-order valence-corrected chi connectivity index (χ4v) is 2.66. The number of rotatable bonds is 2. The first-order valence-corrected chi connectivity index (χ1v) is 6.95. The summed E-state index contributed by atoms with van der Waals surface area (Å²) in [7, 11) is 1.65. The van der Waals surface area contributed by atoms with Gasteiger partial charge in [0.05, 0.1) is 11.6 Å². The van der Waals surface area contributed by atoms with Gasteiger partial charge in [0.15, 0.2) is 0 Å². The van der Waals surface area contributed by atoms with E-state index in [9.17, 15) is 9.59 Å². The minimum atomic E-state index is -0.120. The predicted octanol–water partition coefficient (Wildman–Crippen LogP) is 0.454. The molecule has 7 heteroatoms. The van der Waals surface area contributed by atoms with E-state index in [1.807, 2.05) is 4.90 Å². The zero-order valence-electron chi connectivity index (χ0n) is 11.8. The average molecular weight is 287 g/mol. The number of aryl methyl sites for hydroxylation is 1. The number of nitrogens with zero attached hydrogens (tertiary/aromatic N) is 5. The van der Waals surface area contributed by atoms with Crippen molar-refractivity contribution in [3.8, 4) is 0 Å². The second kappa shape index (κ2) is 5.51. The van der Waals surface area contributed by atoms with Gasteiger partial charge in [-0.15, -0.1) is 0 Å². The smallest absolute Gasteiger partial charge is 0.255 e. The molecule has 0 aliphatic carbocycles. The number of hydrogen-bond acceptors (Lipinski definition) is 4. The highest BCUT2D eigenvalue weighted by atomic mass is 16.2. The third kappa shape index (κ3) is 2.72. The molecule has 0 radical (unpaired) electrons. The van der Waals surface area contributed by atoms with Gasteiger partial charge in [-0.05, 0) is 18.9 Å². The topological polar surface area (TPSA) is 73.0 Å². The van der Waals surface area contributed by atoms with Crippen molar-refractivity contribution < 1.29 is 4.79 Å². The monoisotopic (exact) mass is 287 g/mol. The molecule has 0 unspecified atom stereocenters. The molecule has 2 aromatic rings. The molecule has 1 aliphatic heterocycles. The van der Waals surface area contributed by atoms with Gasteiger partial charge < -0.3 is 9.47 Å². The summed E-state index contributed by atoms with van der Waals surface area (Å²) in [6.45, 7) is 1.35. The molecule has 3 heterocycles. The molecular formula is C14H17N5O2. The number of piperidine rings is 1. The molecule has 0 bridgehead atoms. The Bertz CT molecular complexity index is 692. The Morgan fingerprint density at radius 1 is 1.38 bits per heavy atom. The van der Waals surface area contributed by atoms with Crippen molar-refractivity contribution >= 4 is 5.91 Å². The molecule has 1 saturated heterocycles. The van der Waals surface area contributed by atoms with E-state index in [0.29, 0.717) is 12.1 Å². The molecule has 7 nitrogen and oxygen atoms in total. The summed E-state index contributed by atoms with van der Waals surface area (Å²) in [5, 5.41) is 4.15. The second-order valence-corrected chi connectivity index (χ2v) is 5.29. The minimum Gasteiger partial charge on any atom is -0.336 e. The van der Waals surface area contributed by atoms with Gasteiger partial charge >= 0.3 is 0 Å². The number of pyridine rings is 1. The molecule has 1 aliphatic rings. The SMILES string of the molecule is Cn1cc(C(=O)N2CCC[C@@H](n3cncn3)C2)ccc1=O. The Morgan fingerprint density at radius 3 is 2.95 bits per heavy atom. The summed E-state index contributed by atoms with van der Waals surface area (Å²) in [6, 6.07) is 3.17. The second-order valence-electron chi connectivity index (χ2n) is 5.29. The van der Waals surface area contributed by atoms with Crippen LogP contribution >= 0.6 is 0 Å². The van der Waals surface area contributed by atoms with Crippen LogP contribution in [0.15, 0.2) is 35.8 Å². The van der Waals surface area contributed by atoms with Crippen molar-refractivity contribution in [2.45, 2.75) is 18.9 Å². The molecule has 2 aromatic heterocycles. The molecular weight excluding hydrogens is 270 g/mol. The van der Waals surface area contributed by atoms with Gasteiger partial charge in [0.1, 0.15) is 12.7 Å². The summed E-state index contributed by atoms with van der Waals surface area (Å²) >= 11 is 0. The largest absolute Gasteiger partial charge is 0.336 e. The molecule has 1 atom stereocenters. The van der Waals surface area contributed by atoms with Gasteiger partial charge in [0, 0.05) is 32.4 Å². The number of carbonyl (C=O) groups excluding carboxylic acids is 1. The molecule has 1 fully saturated rings. The lowest BCUT2D eigenvalue weighted by molar-refractivity contribution is 0.0672. The van der Waals surface area contributed by atoms with Crippen molar-refractivity contribution in [3.05, 3.63) is 46.9 Å². The summed E-state index contributed by atoms with van der Waals surface area (Å²) in [5.41, 5.74) is 0.419. The first kappa shape index (κ1) is 13.5.